The molecule has 1 aliphatic heterocycles. The molecule has 1 saturated heterocycles. The summed E-state index contributed by atoms with van der Waals surface area (Å²) in [5.74, 6) is -0.291. The normalized spacial score (nSPS) is 13.8. The van der Waals surface area contributed by atoms with E-state index in [2.05, 4.69) is 25.2 Å². The zero-order chi connectivity index (χ0) is 21.1. The second kappa shape index (κ2) is 8.27. The van der Waals surface area contributed by atoms with Crippen molar-refractivity contribution in [1.82, 2.24) is 19.5 Å². The van der Waals surface area contributed by atoms with Gasteiger partial charge in [0.15, 0.2) is 0 Å². The number of hydrogen-bond donors (Lipinski definition) is 2. The van der Waals surface area contributed by atoms with Gasteiger partial charge in [-0.05, 0) is 43.5 Å². The van der Waals surface area contributed by atoms with Crippen LogP contribution in [0, 0.1) is 5.82 Å². The van der Waals surface area contributed by atoms with Crippen molar-refractivity contribution in [3.63, 3.8) is 0 Å². The minimum absolute atomic E-state index is 0.145. The summed E-state index contributed by atoms with van der Waals surface area (Å²) in [4.78, 5) is 50.4. The number of benzene rings is 1. The van der Waals surface area contributed by atoms with Crippen LogP contribution in [0.5, 0.6) is 0 Å². The molecule has 154 valence electrons. The molecule has 0 spiro atoms. The Bertz CT molecular complexity index is 1180. The number of aromatic nitrogens is 4. The number of amides is 1. The molecule has 2 N–H and O–H groups in total. The van der Waals surface area contributed by atoms with Crippen LogP contribution in [0.3, 0.4) is 0 Å². The second-order valence-electron chi connectivity index (χ2n) is 6.89. The predicted molar refractivity (Wildman–Crippen MR) is 109 cm³/mol. The van der Waals surface area contributed by atoms with Crippen molar-refractivity contribution in [2.45, 2.75) is 19.3 Å². The van der Waals surface area contributed by atoms with E-state index in [0.717, 1.165) is 48.8 Å². The summed E-state index contributed by atoms with van der Waals surface area (Å²) in [5.41, 5.74) is -1.70. The van der Waals surface area contributed by atoms with Crippen LogP contribution in [0.1, 0.15) is 29.6 Å². The molecule has 1 fully saturated rings. The number of halogens is 1. The van der Waals surface area contributed by atoms with E-state index >= 15 is 0 Å². The number of nitrogens with one attached hydrogen (secondary N) is 2. The van der Waals surface area contributed by atoms with Gasteiger partial charge in [-0.2, -0.15) is 0 Å². The largest absolute Gasteiger partial charge is 0.356 e. The van der Waals surface area contributed by atoms with Crippen molar-refractivity contribution < 1.29 is 9.18 Å². The molecule has 2 aromatic heterocycles. The quantitative estimate of drug-likeness (QED) is 0.677. The van der Waals surface area contributed by atoms with Gasteiger partial charge in [-0.1, -0.05) is 0 Å². The Balaban J connectivity index is 1.61. The van der Waals surface area contributed by atoms with Gasteiger partial charge in [0.25, 0.3) is 11.5 Å². The third-order valence-corrected chi connectivity index (χ3v) is 4.88. The molecule has 3 aromatic rings. The lowest BCUT2D eigenvalue weighted by Crippen LogP contribution is -2.38. The number of nitrogens with zero attached hydrogens (tertiary/aromatic N) is 4. The summed E-state index contributed by atoms with van der Waals surface area (Å²) in [6.45, 7) is 1.76. The highest BCUT2D eigenvalue weighted by Gasteiger charge is 2.18. The zero-order valence-corrected chi connectivity index (χ0v) is 16.0. The number of carbonyl (C=O) groups excluding carboxylic acids is 1. The highest BCUT2D eigenvalue weighted by molar-refractivity contribution is 6.03. The Morgan fingerprint density at radius 3 is 2.53 bits per heavy atom. The predicted octanol–water partition coefficient (Wildman–Crippen LogP) is 1.70. The van der Waals surface area contributed by atoms with Crippen molar-refractivity contribution in [3.8, 4) is 5.69 Å². The number of anilines is 2. The summed E-state index contributed by atoms with van der Waals surface area (Å²) < 4.78 is 13.9. The SMILES string of the molecule is O=C(Nc1cc(N2CCCCC2)ncn1)c1c[nH]c(=O)n(-c2ccc(F)cc2)c1=O. The first-order valence-corrected chi connectivity index (χ1v) is 9.52. The fourth-order valence-corrected chi connectivity index (χ4v) is 3.36. The molecule has 3 heterocycles. The summed E-state index contributed by atoms with van der Waals surface area (Å²) in [7, 11) is 0. The molecule has 1 aliphatic rings. The van der Waals surface area contributed by atoms with Gasteiger partial charge >= 0.3 is 5.69 Å². The molecule has 4 rings (SSSR count). The monoisotopic (exact) mass is 410 g/mol. The van der Waals surface area contributed by atoms with E-state index in [1.54, 1.807) is 6.07 Å². The summed E-state index contributed by atoms with van der Waals surface area (Å²) in [6, 6.07) is 6.45. The molecule has 0 bridgehead atoms. The summed E-state index contributed by atoms with van der Waals surface area (Å²) in [6.07, 6.45) is 5.73. The van der Waals surface area contributed by atoms with Crippen LogP contribution in [0.15, 0.2) is 52.4 Å². The van der Waals surface area contributed by atoms with Gasteiger partial charge in [-0.3, -0.25) is 9.59 Å². The fraction of sp³-hybridized carbons (Fsp3) is 0.250. The highest BCUT2D eigenvalue weighted by atomic mass is 19.1. The number of piperidine rings is 1. The molecule has 0 atom stereocenters. The van der Waals surface area contributed by atoms with E-state index in [4.69, 9.17) is 0 Å². The first-order chi connectivity index (χ1) is 14.5. The lowest BCUT2D eigenvalue weighted by atomic mass is 10.1. The molecule has 1 aromatic carbocycles. The maximum absolute atomic E-state index is 13.2. The van der Waals surface area contributed by atoms with Crippen LogP contribution in [0.2, 0.25) is 0 Å². The van der Waals surface area contributed by atoms with E-state index in [0.29, 0.717) is 5.82 Å². The number of carbonyl (C=O) groups is 1. The average molecular weight is 410 g/mol. The molecule has 0 aliphatic carbocycles. The Labute approximate surface area is 170 Å². The minimum atomic E-state index is -0.826. The summed E-state index contributed by atoms with van der Waals surface area (Å²) >= 11 is 0. The van der Waals surface area contributed by atoms with E-state index in [9.17, 15) is 18.8 Å². The van der Waals surface area contributed by atoms with Crippen molar-refractivity contribution in [2.75, 3.05) is 23.3 Å². The van der Waals surface area contributed by atoms with Crippen molar-refractivity contribution in [2.24, 2.45) is 0 Å². The standard InChI is InChI=1S/C20H19FN6O3/c21-13-4-6-14(7-5-13)27-19(29)15(11-22-20(27)30)18(28)25-16-10-17(24-12-23-16)26-8-2-1-3-9-26/h4-7,10-12H,1-3,8-9H2,(H,22,30)(H,23,24,25,28). The average Bonchev–Trinajstić information content (AvgIpc) is 2.76. The van der Waals surface area contributed by atoms with E-state index < -0.39 is 23.0 Å². The second-order valence-corrected chi connectivity index (χ2v) is 6.89. The maximum atomic E-state index is 13.2. The van der Waals surface area contributed by atoms with Gasteiger partial charge in [-0.25, -0.2) is 23.7 Å². The van der Waals surface area contributed by atoms with Crippen LogP contribution in [0.4, 0.5) is 16.0 Å². The Hall–Kier alpha value is -3.82. The van der Waals surface area contributed by atoms with Gasteiger partial charge in [0.2, 0.25) is 0 Å². The minimum Gasteiger partial charge on any atom is -0.356 e. The Morgan fingerprint density at radius 1 is 1.07 bits per heavy atom. The number of aromatic amines is 1. The molecule has 0 unspecified atom stereocenters. The van der Waals surface area contributed by atoms with Crippen LogP contribution >= 0.6 is 0 Å². The van der Waals surface area contributed by atoms with Gasteiger partial charge in [0.05, 0.1) is 5.69 Å². The first-order valence-electron chi connectivity index (χ1n) is 9.52. The van der Waals surface area contributed by atoms with Gasteiger partial charge in [-0.15, -0.1) is 0 Å². The highest BCUT2D eigenvalue weighted by Crippen LogP contribution is 2.19. The number of rotatable bonds is 4. The molecule has 30 heavy (non-hydrogen) atoms. The lowest BCUT2D eigenvalue weighted by Gasteiger charge is -2.27. The van der Waals surface area contributed by atoms with Crippen molar-refractivity contribution >= 4 is 17.5 Å². The van der Waals surface area contributed by atoms with Crippen molar-refractivity contribution in [1.29, 1.82) is 0 Å². The van der Waals surface area contributed by atoms with Gasteiger partial charge in [0, 0.05) is 25.4 Å². The van der Waals surface area contributed by atoms with Crippen LogP contribution in [0.25, 0.3) is 5.69 Å². The molecular weight excluding hydrogens is 391 g/mol. The van der Waals surface area contributed by atoms with E-state index in [-0.39, 0.29) is 17.1 Å². The summed E-state index contributed by atoms with van der Waals surface area (Å²) in [5, 5.41) is 2.57. The molecule has 0 saturated carbocycles. The smallest absolute Gasteiger partial charge is 0.333 e. The molecule has 0 radical (unpaired) electrons. The van der Waals surface area contributed by atoms with Crippen molar-refractivity contribution in [3.05, 3.63) is 75.1 Å². The number of hydrogen-bond acceptors (Lipinski definition) is 6. The fourth-order valence-electron chi connectivity index (χ4n) is 3.36. The van der Waals surface area contributed by atoms with E-state index in [1.165, 1.54) is 24.9 Å². The van der Waals surface area contributed by atoms with Gasteiger partial charge < -0.3 is 15.2 Å². The maximum Gasteiger partial charge on any atom is 0.333 e. The molecular formula is C20H19FN6O3. The molecule has 9 nitrogen and oxygen atoms in total. The third kappa shape index (κ3) is 3.97. The third-order valence-electron chi connectivity index (χ3n) is 4.88. The Kier molecular flexibility index (Phi) is 5.38. The van der Waals surface area contributed by atoms with Crippen LogP contribution < -0.4 is 21.5 Å². The van der Waals surface area contributed by atoms with Crippen LogP contribution in [-0.4, -0.2) is 38.5 Å². The van der Waals surface area contributed by atoms with Crippen LogP contribution in [-0.2, 0) is 0 Å². The molecule has 1 amide bonds. The zero-order valence-electron chi connectivity index (χ0n) is 16.0. The van der Waals surface area contributed by atoms with Gasteiger partial charge in [0.1, 0.15) is 29.3 Å². The Morgan fingerprint density at radius 2 is 1.80 bits per heavy atom. The molecule has 10 heteroatoms. The lowest BCUT2D eigenvalue weighted by molar-refractivity contribution is 0.102. The topological polar surface area (TPSA) is 113 Å². The first kappa shape index (κ1) is 19.5. The van der Waals surface area contributed by atoms with E-state index in [1.807, 2.05) is 0 Å². The number of H-pyrrole nitrogens is 1.